The number of carbonyl (C=O) groups is 2. The topological polar surface area (TPSA) is 67.2 Å². The Morgan fingerprint density at radius 2 is 1.97 bits per heavy atom. The SMILES string of the molecule is CCC1CCCCN1C(=O)c1nc(C(=O)Nc2ccccc2F)c2n1CCCC2. The molecule has 154 valence electrons. The largest absolute Gasteiger partial charge is 0.333 e. The quantitative estimate of drug-likeness (QED) is 0.846. The van der Waals surface area contributed by atoms with Gasteiger partial charge in [0.1, 0.15) is 5.82 Å². The normalized spacial score (nSPS) is 19.0. The van der Waals surface area contributed by atoms with E-state index >= 15 is 0 Å². The first kappa shape index (κ1) is 19.6. The van der Waals surface area contributed by atoms with E-state index in [2.05, 4.69) is 17.2 Å². The van der Waals surface area contributed by atoms with Gasteiger partial charge in [0, 0.05) is 19.1 Å². The predicted octanol–water partition coefficient (Wildman–Crippen LogP) is 4.02. The van der Waals surface area contributed by atoms with Crippen molar-refractivity contribution in [1.82, 2.24) is 14.5 Å². The molecule has 1 saturated heterocycles. The number of fused-ring (bicyclic) bond motifs is 1. The second-order valence-electron chi connectivity index (χ2n) is 7.83. The molecular weight excluding hydrogens is 371 g/mol. The lowest BCUT2D eigenvalue weighted by Gasteiger charge is -2.35. The molecule has 0 saturated carbocycles. The van der Waals surface area contributed by atoms with Crippen LogP contribution in [-0.4, -0.2) is 38.9 Å². The van der Waals surface area contributed by atoms with Gasteiger partial charge in [0.15, 0.2) is 11.5 Å². The molecule has 0 radical (unpaired) electrons. The van der Waals surface area contributed by atoms with Crippen LogP contribution in [0.5, 0.6) is 0 Å². The number of likely N-dealkylation sites (tertiary alicyclic amines) is 1. The summed E-state index contributed by atoms with van der Waals surface area (Å²) in [5, 5.41) is 2.61. The van der Waals surface area contributed by atoms with Crippen molar-refractivity contribution in [2.45, 2.75) is 64.5 Å². The molecule has 1 unspecified atom stereocenters. The summed E-state index contributed by atoms with van der Waals surface area (Å²) >= 11 is 0. The summed E-state index contributed by atoms with van der Waals surface area (Å²) in [6, 6.07) is 6.28. The van der Waals surface area contributed by atoms with E-state index in [0.29, 0.717) is 18.8 Å². The van der Waals surface area contributed by atoms with Crippen LogP contribution in [0.1, 0.15) is 72.3 Å². The Labute approximate surface area is 170 Å². The Morgan fingerprint density at radius 1 is 1.17 bits per heavy atom. The van der Waals surface area contributed by atoms with Crippen LogP contribution in [0, 0.1) is 5.82 Å². The minimum Gasteiger partial charge on any atom is -0.333 e. The lowest BCUT2D eigenvalue weighted by Crippen LogP contribution is -2.44. The molecule has 2 aliphatic heterocycles. The first-order chi connectivity index (χ1) is 14.1. The van der Waals surface area contributed by atoms with Crippen LogP contribution in [0.3, 0.4) is 0 Å². The monoisotopic (exact) mass is 398 g/mol. The predicted molar refractivity (Wildman–Crippen MR) is 108 cm³/mol. The third kappa shape index (κ3) is 3.78. The van der Waals surface area contributed by atoms with Crippen LogP contribution in [0.2, 0.25) is 0 Å². The van der Waals surface area contributed by atoms with Crippen molar-refractivity contribution in [2.75, 3.05) is 11.9 Å². The average Bonchev–Trinajstić information content (AvgIpc) is 3.14. The minimum absolute atomic E-state index is 0.0929. The number of hydrogen-bond acceptors (Lipinski definition) is 3. The highest BCUT2D eigenvalue weighted by molar-refractivity contribution is 6.05. The summed E-state index contributed by atoms with van der Waals surface area (Å²) in [4.78, 5) is 32.7. The summed E-state index contributed by atoms with van der Waals surface area (Å²) in [5.74, 6) is -0.710. The van der Waals surface area contributed by atoms with Crippen molar-refractivity contribution in [3.05, 3.63) is 47.3 Å². The number of halogens is 1. The molecule has 0 aliphatic carbocycles. The van der Waals surface area contributed by atoms with Gasteiger partial charge >= 0.3 is 0 Å². The van der Waals surface area contributed by atoms with Crippen LogP contribution in [-0.2, 0) is 13.0 Å². The van der Waals surface area contributed by atoms with Crippen LogP contribution in [0.25, 0.3) is 0 Å². The van der Waals surface area contributed by atoms with Crippen molar-refractivity contribution in [1.29, 1.82) is 0 Å². The zero-order valence-corrected chi connectivity index (χ0v) is 16.8. The van der Waals surface area contributed by atoms with E-state index in [1.807, 2.05) is 9.47 Å². The van der Waals surface area contributed by atoms with E-state index in [0.717, 1.165) is 50.8 Å². The molecule has 2 amide bonds. The molecule has 1 fully saturated rings. The van der Waals surface area contributed by atoms with E-state index in [-0.39, 0.29) is 23.3 Å². The maximum atomic E-state index is 14.0. The summed E-state index contributed by atoms with van der Waals surface area (Å²) in [5.41, 5.74) is 1.13. The number of rotatable bonds is 4. The molecule has 6 nitrogen and oxygen atoms in total. The highest BCUT2D eigenvalue weighted by Crippen LogP contribution is 2.26. The Balaban J connectivity index is 1.66. The molecule has 4 rings (SSSR count). The Morgan fingerprint density at radius 3 is 2.76 bits per heavy atom. The third-order valence-electron chi connectivity index (χ3n) is 6.01. The lowest BCUT2D eigenvalue weighted by atomic mass is 10.00. The Hall–Kier alpha value is -2.70. The van der Waals surface area contributed by atoms with Crippen LogP contribution < -0.4 is 5.32 Å². The minimum atomic E-state index is -0.496. The van der Waals surface area contributed by atoms with Gasteiger partial charge < -0.3 is 14.8 Å². The summed E-state index contributed by atoms with van der Waals surface area (Å²) in [6.45, 7) is 3.52. The fourth-order valence-electron chi connectivity index (χ4n) is 4.45. The van der Waals surface area contributed by atoms with E-state index in [1.54, 1.807) is 12.1 Å². The number of benzene rings is 1. The van der Waals surface area contributed by atoms with E-state index in [1.165, 1.54) is 12.1 Å². The molecule has 7 heteroatoms. The molecule has 0 bridgehead atoms. The fraction of sp³-hybridized carbons (Fsp3) is 0.500. The van der Waals surface area contributed by atoms with Gasteiger partial charge in [-0.05, 0) is 57.1 Å². The maximum absolute atomic E-state index is 14.0. The van der Waals surface area contributed by atoms with Crippen molar-refractivity contribution in [3.8, 4) is 0 Å². The maximum Gasteiger partial charge on any atom is 0.290 e. The van der Waals surface area contributed by atoms with Crippen molar-refractivity contribution < 1.29 is 14.0 Å². The summed E-state index contributed by atoms with van der Waals surface area (Å²) in [7, 11) is 0. The number of para-hydroxylation sites is 1. The number of piperidine rings is 1. The smallest absolute Gasteiger partial charge is 0.290 e. The molecule has 1 atom stereocenters. The fourth-order valence-corrected chi connectivity index (χ4v) is 4.45. The molecule has 2 aliphatic rings. The van der Waals surface area contributed by atoms with Crippen molar-refractivity contribution >= 4 is 17.5 Å². The van der Waals surface area contributed by atoms with Crippen molar-refractivity contribution in [3.63, 3.8) is 0 Å². The second kappa shape index (κ2) is 8.35. The lowest BCUT2D eigenvalue weighted by molar-refractivity contribution is 0.0589. The van der Waals surface area contributed by atoms with Crippen LogP contribution in [0.4, 0.5) is 10.1 Å². The third-order valence-corrected chi connectivity index (χ3v) is 6.01. The zero-order valence-electron chi connectivity index (χ0n) is 16.8. The molecule has 1 N–H and O–H groups in total. The number of nitrogens with one attached hydrogen (secondary N) is 1. The molecule has 2 aromatic rings. The van der Waals surface area contributed by atoms with Gasteiger partial charge in [-0.2, -0.15) is 0 Å². The molecular formula is C22H27FN4O2. The number of amides is 2. The highest BCUT2D eigenvalue weighted by Gasteiger charge is 2.33. The van der Waals surface area contributed by atoms with E-state index < -0.39 is 11.7 Å². The standard InChI is InChI=1S/C22H27FN4O2/c1-2-15-9-5-7-13-26(15)22(29)20-25-19(18-12-6-8-14-27(18)20)21(28)24-17-11-4-3-10-16(17)23/h3-4,10-11,15H,2,5-9,12-14H2,1H3,(H,24,28). The second-order valence-corrected chi connectivity index (χ2v) is 7.83. The Kier molecular flexibility index (Phi) is 5.65. The van der Waals surface area contributed by atoms with E-state index in [4.69, 9.17) is 0 Å². The van der Waals surface area contributed by atoms with Crippen LogP contribution >= 0.6 is 0 Å². The molecule has 0 spiro atoms. The first-order valence-corrected chi connectivity index (χ1v) is 10.6. The number of aromatic nitrogens is 2. The number of nitrogens with zero attached hydrogens (tertiary/aromatic N) is 3. The van der Waals surface area contributed by atoms with Gasteiger partial charge in [-0.3, -0.25) is 9.59 Å². The molecule has 3 heterocycles. The van der Waals surface area contributed by atoms with Gasteiger partial charge in [0.2, 0.25) is 0 Å². The summed E-state index contributed by atoms with van der Waals surface area (Å²) in [6.07, 6.45) is 6.65. The average molecular weight is 398 g/mol. The van der Waals surface area contributed by atoms with E-state index in [9.17, 15) is 14.0 Å². The van der Waals surface area contributed by atoms with Crippen LogP contribution in [0.15, 0.2) is 24.3 Å². The summed E-state index contributed by atoms with van der Waals surface area (Å²) < 4.78 is 15.9. The molecule has 29 heavy (non-hydrogen) atoms. The number of carbonyl (C=O) groups excluding carboxylic acids is 2. The number of hydrogen-bond donors (Lipinski definition) is 1. The number of anilines is 1. The zero-order chi connectivity index (χ0) is 20.4. The van der Waals surface area contributed by atoms with Gasteiger partial charge in [0.25, 0.3) is 11.8 Å². The van der Waals surface area contributed by atoms with Gasteiger partial charge in [-0.1, -0.05) is 19.1 Å². The van der Waals surface area contributed by atoms with Crippen molar-refractivity contribution in [2.24, 2.45) is 0 Å². The number of imidazole rings is 1. The van der Waals surface area contributed by atoms with Gasteiger partial charge in [-0.15, -0.1) is 0 Å². The Bertz CT molecular complexity index is 924. The first-order valence-electron chi connectivity index (χ1n) is 10.6. The molecule has 1 aromatic carbocycles. The highest BCUT2D eigenvalue weighted by atomic mass is 19.1. The molecule has 1 aromatic heterocycles. The van der Waals surface area contributed by atoms with Gasteiger partial charge in [-0.25, -0.2) is 9.37 Å². The van der Waals surface area contributed by atoms with Gasteiger partial charge in [0.05, 0.1) is 11.4 Å².